The van der Waals surface area contributed by atoms with Gasteiger partial charge < -0.3 is 9.84 Å². The molecule has 0 aliphatic carbocycles. The van der Waals surface area contributed by atoms with E-state index in [9.17, 15) is 9.90 Å². The lowest BCUT2D eigenvalue weighted by Crippen LogP contribution is -2.18. The molecule has 21 heavy (non-hydrogen) atoms. The third-order valence-electron chi connectivity index (χ3n) is 3.87. The van der Waals surface area contributed by atoms with Gasteiger partial charge in [0, 0.05) is 12.8 Å². The molecule has 0 aromatic rings. The highest BCUT2D eigenvalue weighted by Gasteiger charge is 2.14. The number of hydrogen-bond donors (Lipinski definition) is 1. The van der Waals surface area contributed by atoms with E-state index in [1.807, 2.05) is 6.08 Å². The van der Waals surface area contributed by atoms with Gasteiger partial charge in [-0.3, -0.25) is 4.79 Å². The van der Waals surface area contributed by atoms with Crippen molar-refractivity contribution in [1.82, 2.24) is 0 Å². The molecule has 2 atom stereocenters. The largest absolute Gasteiger partial charge is 0.466 e. The Bertz CT molecular complexity index is 263. The van der Waals surface area contributed by atoms with Crippen molar-refractivity contribution < 1.29 is 14.6 Å². The Balaban J connectivity index is 3.35. The molecule has 3 heteroatoms. The SMILES string of the molecule is C=CC(CCC)C(O)CCCCCCCCCOC(C)=O. The van der Waals surface area contributed by atoms with Crippen LogP contribution in [0.1, 0.15) is 78.1 Å². The fourth-order valence-electron chi connectivity index (χ4n) is 2.57. The quantitative estimate of drug-likeness (QED) is 0.289. The first-order chi connectivity index (χ1) is 10.1. The Morgan fingerprint density at radius 2 is 1.67 bits per heavy atom. The van der Waals surface area contributed by atoms with E-state index in [-0.39, 0.29) is 18.0 Å². The van der Waals surface area contributed by atoms with Gasteiger partial charge in [-0.05, 0) is 19.3 Å². The van der Waals surface area contributed by atoms with Gasteiger partial charge in [-0.1, -0.05) is 57.9 Å². The number of esters is 1. The van der Waals surface area contributed by atoms with E-state index in [1.54, 1.807) is 0 Å². The molecule has 0 amide bonds. The predicted molar refractivity (Wildman–Crippen MR) is 88.2 cm³/mol. The van der Waals surface area contributed by atoms with Crippen molar-refractivity contribution in [2.24, 2.45) is 5.92 Å². The van der Waals surface area contributed by atoms with Gasteiger partial charge in [0.15, 0.2) is 0 Å². The molecular weight excluding hydrogens is 264 g/mol. The zero-order valence-corrected chi connectivity index (χ0v) is 14.0. The molecule has 0 aromatic carbocycles. The van der Waals surface area contributed by atoms with Crippen molar-refractivity contribution in [3.63, 3.8) is 0 Å². The van der Waals surface area contributed by atoms with Gasteiger partial charge in [0.1, 0.15) is 0 Å². The summed E-state index contributed by atoms with van der Waals surface area (Å²) in [5, 5.41) is 10.1. The van der Waals surface area contributed by atoms with Crippen LogP contribution in [0.25, 0.3) is 0 Å². The highest BCUT2D eigenvalue weighted by molar-refractivity contribution is 5.65. The van der Waals surface area contributed by atoms with Gasteiger partial charge in [0.05, 0.1) is 12.7 Å². The first-order valence-electron chi connectivity index (χ1n) is 8.55. The maximum Gasteiger partial charge on any atom is 0.302 e. The van der Waals surface area contributed by atoms with Crippen molar-refractivity contribution in [3.8, 4) is 0 Å². The summed E-state index contributed by atoms with van der Waals surface area (Å²) < 4.78 is 4.89. The maximum absolute atomic E-state index is 10.6. The molecule has 0 saturated carbocycles. The number of hydrogen-bond acceptors (Lipinski definition) is 3. The summed E-state index contributed by atoms with van der Waals surface area (Å²) in [6, 6.07) is 0. The second-order valence-corrected chi connectivity index (χ2v) is 5.86. The van der Waals surface area contributed by atoms with Gasteiger partial charge in [0.25, 0.3) is 0 Å². The number of ether oxygens (including phenoxy) is 1. The van der Waals surface area contributed by atoms with Crippen LogP contribution in [0, 0.1) is 5.92 Å². The Hall–Kier alpha value is -0.830. The normalized spacial score (nSPS) is 13.7. The Morgan fingerprint density at radius 3 is 2.19 bits per heavy atom. The van der Waals surface area contributed by atoms with E-state index in [0.29, 0.717) is 6.61 Å². The van der Waals surface area contributed by atoms with Crippen molar-refractivity contribution in [3.05, 3.63) is 12.7 Å². The average Bonchev–Trinajstić information content (AvgIpc) is 2.46. The lowest BCUT2D eigenvalue weighted by molar-refractivity contribution is -0.141. The zero-order chi connectivity index (χ0) is 15.9. The van der Waals surface area contributed by atoms with Crippen LogP contribution in [-0.4, -0.2) is 23.8 Å². The van der Waals surface area contributed by atoms with Crippen molar-refractivity contribution >= 4 is 5.97 Å². The van der Waals surface area contributed by atoms with Gasteiger partial charge in [-0.15, -0.1) is 6.58 Å². The van der Waals surface area contributed by atoms with Gasteiger partial charge >= 0.3 is 5.97 Å². The van der Waals surface area contributed by atoms with Crippen molar-refractivity contribution in [2.45, 2.75) is 84.2 Å². The first-order valence-corrected chi connectivity index (χ1v) is 8.55. The maximum atomic E-state index is 10.6. The fourth-order valence-corrected chi connectivity index (χ4v) is 2.57. The predicted octanol–water partition coefficient (Wildman–Crippen LogP) is 4.63. The van der Waals surface area contributed by atoms with E-state index >= 15 is 0 Å². The molecule has 0 saturated heterocycles. The molecule has 3 nitrogen and oxygen atoms in total. The number of rotatable bonds is 14. The summed E-state index contributed by atoms with van der Waals surface area (Å²) in [6.07, 6.45) is 12.8. The molecule has 0 aromatic heterocycles. The third-order valence-corrected chi connectivity index (χ3v) is 3.87. The molecule has 0 rings (SSSR count). The molecule has 124 valence electrons. The van der Waals surface area contributed by atoms with E-state index in [1.165, 1.54) is 32.6 Å². The van der Waals surface area contributed by atoms with E-state index in [4.69, 9.17) is 4.74 Å². The molecule has 0 radical (unpaired) electrons. The Morgan fingerprint density at radius 1 is 1.10 bits per heavy atom. The van der Waals surface area contributed by atoms with Crippen LogP contribution in [-0.2, 0) is 9.53 Å². The molecule has 2 unspecified atom stereocenters. The molecule has 1 N–H and O–H groups in total. The standard InChI is InChI=1S/C18H34O3/c1-4-13-17(5-2)18(20)14-11-9-7-6-8-10-12-15-21-16(3)19/h5,17-18,20H,2,4,6-15H2,1,3H3. The molecule has 0 aliphatic heterocycles. The third kappa shape index (κ3) is 12.6. The second-order valence-electron chi connectivity index (χ2n) is 5.86. The topological polar surface area (TPSA) is 46.5 Å². The number of aliphatic hydroxyl groups excluding tert-OH is 1. The summed E-state index contributed by atoms with van der Waals surface area (Å²) in [6.45, 7) is 7.96. The van der Waals surface area contributed by atoms with Crippen LogP contribution < -0.4 is 0 Å². The monoisotopic (exact) mass is 298 g/mol. The van der Waals surface area contributed by atoms with Crippen LogP contribution in [0.2, 0.25) is 0 Å². The van der Waals surface area contributed by atoms with Crippen LogP contribution in [0.15, 0.2) is 12.7 Å². The van der Waals surface area contributed by atoms with E-state index in [0.717, 1.165) is 38.5 Å². The molecule has 0 bridgehead atoms. The van der Waals surface area contributed by atoms with Gasteiger partial charge in [-0.25, -0.2) is 0 Å². The summed E-state index contributed by atoms with van der Waals surface area (Å²) in [5.41, 5.74) is 0. The summed E-state index contributed by atoms with van der Waals surface area (Å²) in [5.74, 6) is 0.0748. The summed E-state index contributed by atoms with van der Waals surface area (Å²) in [7, 11) is 0. The minimum Gasteiger partial charge on any atom is -0.466 e. The number of carbonyl (C=O) groups excluding carboxylic acids is 1. The van der Waals surface area contributed by atoms with Crippen LogP contribution >= 0.6 is 0 Å². The fraction of sp³-hybridized carbons (Fsp3) is 0.833. The molecule has 0 heterocycles. The smallest absolute Gasteiger partial charge is 0.302 e. The van der Waals surface area contributed by atoms with Gasteiger partial charge in [0.2, 0.25) is 0 Å². The second kappa shape index (κ2) is 14.1. The average molecular weight is 298 g/mol. The van der Waals surface area contributed by atoms with E-state index < -0.39 is 0 Å². The highest BCUT2D eigenvalue weighted by Crippen LogP contribution is 2.18. The Labute approximate surface area is 130 Å². The first kappa shape index (κ1) is 20.2. The van der Waals surface area contributed by atoms with Crippen molar-refractivity contribution in [2.75, 3.05) is 6.61 Å². The minimum atomic E-state index is -0.217. The van der Waals surface area contributed by atoms with E-state index in [2.05, 4.69) is 13.5 Å². The van der Waals surface area contributed by atoms with Gasteiger partial charge in [-0.2, -0.15) is 0 Å². The molecule has 0 aliphatic rings. The Kier molecular flexibility index (Phi) is 13.6. The van der Waals surface area contributed by atoms with Crippen LogP contribution in [0.4, 0.5) is 0 Å². The lowest BCUT2D eigenvalue weighted by atomic mass is 9.93. The molecule has 0 fully saturated rings. The summed E-state index contributed by atoms with van der Waals surface area (Å²) in [4.78, 5) is 10.6. The van der Waals surface area contributed by atoms with Crippen molar-refractivity contribution in [1.29, 1.82) is 0 Å². The van der Waals surface area contributed by atoms with Crippen LogP contribution in [0.5, 0.6) is 0 Å². The summed E-state index contributed by atoms with van der Waals surface area (Å²) >= 11 is 0. The molecule has 0 spiro atoms. The number of unbranched alkanes of at least 4 members (excludes halogenated alkanes) is 6. The van der Waals surface area contributed by atoms with Crippen LogP contribution in [0.3, 0.4) is 0 Å². The minimum absolute atomic E-state index is 0.186. The lowest BCUT2D eigenvalue weighted by Gasteiger charge is -2.18. The zero-order valence-electron chi connectivity index (χ0n) is 14.0. The highest BCUT2D eigenvalue weighted by atomic mass is 16.5. The number of carbonyl (C=O) groups is 1. The number of aliphatic hydroxyl groups is 1. The molecular formula is C18H34O3.